The summed E-state index contributed by atoms with van der Waals surface area (Å²) >= 11 is 0. The number of nitrogens with zero attached hydrogens (tertiary/aromatic N) is 3. The second-order valence-corrected chi connectivity index (χ2v) is 5.27. The predicted molar refractivity (Wildman–Crippen MR) is 92.2 cm³/mol. The first-order valence-corrected chi connectivity index (χ1v) is 7.76. The molecule has 11 nitrogen and oxygen atoms in total. The molecule has 0 unspecified atom stereocenters. The number of aromatic nitrogens is 1. The van der Waals surface area contributed by atoms with Crippen LogP contribution >= 0.6 is 0 Å². The van der Waals surface area contributed by atoms with E-state index >= 15 is 0 Å². The maximum atomic E-state index is 12.5. The van der Waals surface area contributed by atoms with Crippen molar-refractivity contribution >= 4 is 23.4 Å². The summed E-state index contributed by atoms with van der Waals surface area (Å²) in [7, 11) is 2.71. The van der Waals surface area contributed by atoms with Gasteiger partial charge in [-0.2, -0.15) is 0 Å². The van der Waals surface area contributed by atoms with Gasteiger partial charge in [0.1, 0.15) is 6.26 Å². The van der Waals surface area contributed by atoms with Gasteiger partial charge in [0.25, 0.3) is 5.69 Å². The fraction of sp³-hybridized carbons (Fsp3) is 0.312. The van der Waals surface area contributed by atoms with Crippen molar-refractivity contribution in [1.29, 1.82) is 0 Å². The van der Waals surface area contributed by atoms with Crippen LogP contribution in [0, 0.1) is 10.1 Å². The number of methoxy groups -OCH3 is 2. The lowest BCUT2D eigenvalue weighted by Crippen LogP contribution is -2.37. The first-order chi connectivity index (χ1) is 12.9. The molecule has 0 saturated heterocycles. The molecule has 0 spiro atoms. The monoisotopic (exact) mass is 378 g/mol. The van der Waals surface area contributed by atoms with Crippen LogP contribution in [0.25, 0.3) is 0 Å². The number of nitro groups is 1. The molecule has 0 fully saturated rings. The first kappa shape index (κ1) is 19.8. The number of oxazole rings is 1. The van der Waals surface area contributed by atoms with E-state index < -0.39 is 16.9 Å². The zero-order chi connectivity index (χ0) is 19.8. The number of nitrogens with one attached hydrogen (secondary N) is 1. The van der Waals surface area contributed by atoms with Crippen LogP contribution in [0.2, 0.25) is 0 Å². The van der Waals surface area contributed by atoms with Gasteiger partial charge in [0.05, 0.1) is 25.2 Å². The number of hydrogen-bond acceptors (Lipinski definition) is 8. The number of nitro benzene ring substituents is 1. The predicted octanol–water partition coefficient (Wildman–Crippen LogP) is 2.05. The molecule has 0 aliphatic carbocycles. The van der Waals surface area contributed by atoms with Crippen LogP contribution in [0.4, 0.5) is 16.2 Å². The summed E-state index contributed by atoms with van der Waals surface area (Å²) in [6, 6.07) is 4.92. The van der Waals surface area contributed by atoms with Crippen molar-refractivity contribution in [3.63, 3.8) is 0 Å². The number of non-ortho nitro benzene ring substituents is 1. The number of urea groups is 1. The van der Waals surface area contributed by atoms with Gasteiger partial charge in [-0.15, -0.1) is 0 Å². The number of carbonyl (C=O) groups excluding carboxylic acids is 2. The Morgan fingerprint density at radius 1 is 1.30 bits per heavy atom. The third kappa shape index (κ3) is 5.51. The fourth-order valence-corrected chi connectivity index (χ4v) is 2.07. The maximum absolute atomic E-state index is 12.5. The highest BCUT2D eigenvalue weighted by molar-refractivity contribution is 5.89. The topological polar surface area (TPSA) is 137 Å². The molecular formula is C16H18N4O7. The third-order valence-corrected chi connectivity index (χ3v) is 3.45. The molecule has 0 aliphatic heterocycles. The SMILES string of the molecule is COCCN(Cc1nc(C(=O)OC)co1)C(=O)Nc1ccc([N+](=O)[O-])cc1. The van der Waals surface area contributed by atoms with Crippen molar-refractivity contribution in [2.24, 2.45) is 0 Å². The second kappa shape index (κ2) is 9.29. The van der Waals surface area contributed by atoms with E-state index in [1.807, 2.05) is 0 Å². The summed E-state index contributed by atoms with van der Waals surface area (Å²) < 4.78 is 14.7. The Hall–Kier alpha value is -3.47. The van der Waals surface area contributed by atoms with Crippen LogP contribution in [0.5, 0.6) is 0 Å². The van der Waals surface area contributed by atoms with Crippen molar-refractivity contribution in [2.75, 3.05) is 32.7 Å². The molecule has 2 rings (SSSR count). The lowest BCUT2D eigenvalue weighted by Gasteiger charge is -2.21. The zero-order valence-corrected chi connectivity index (χ0v) is 14.7. The van der Waals surface area contributed by atoms with Gasteiger partial charge in [-0.3, -0.25) is 10.1 Å². The van der Waals surface area contributed by atoms with Crippen LogP contribution in [0.1, 0.15) is 16.4 Å². The summed E-state index contributed by atoms with van der Waals surface area (Å²) in [4.78, 5) is 39.4. The van der Waals surface area contributed by atoms with Gasteiger partial charge in [-0.25, -0.2) is 14.6 Å². The van der Waals surface area contributed by atoms with E-state index in [-0.39, 0.29) is 37.0 Å². The molecule has 144 valence electrons. The van der Waals surface area contributed by atoms with Crippen molar-refractivity contribution in [2.45, 2.75) is 6.54 Å². The molecule has 0 atom stereocenters. The Balaban J connectivity index is 2.07. The Morgan fingerprint density at radius 2 is 2.00 bits per heavy atom. The molecule has 0 saturated carbocycles. The second-order valence-electron chi connectivity index (χ2n) is 5.27. The maximum Gasteiger partial charge on any atom is 0.360 e. The highest BCUT2D eigenvalue weighted by atomic mass is 16.6. The number of hydrogen-bond donors (Lipinski definition) is 1. The number of esters is 1. The lowest BCUT2D eigenvalue weighted by molar-refractivity contribution is -0.384. The molecule has 0 bridgehead atoms. The highest BCUT2D eigenvalue weighted by Gasteiger charge is 2.19. The van der Waals surface area contributed by atoms with Crippen molar-refractivity contribution < 1.29 is 28.4 Å². The summed E-state index contributed by atoms with van der Waals surface area (Å²) in [5.41, 5.74) is 0.296. The smallest absolute Gasteiger partial charge is 0.360 e. The van der Waals surface area contributed by atoms with Gasteiger partial charge < -0.3 is 24.1 Å². The molecule has 1 aromatic heterocycles. The van der Waals surface area contributed by atoms with Crippen LogP contribution in [0.3, 0.4) is 0 Å². The van der Waals surface area contributed by atoms with Gasteiger partial charge in [0.15, 0.2) is 5.69 Å². The Labute approximate surface area is 154 Å². The molecule has 0 radical (unpaired) electrons. The van der Waals surface area contributed by atoms with E-state index in [1.54, 1.807) is 0 Å². The minimum Gasteiger partial charge on any atom is -0.464 e. The van der Waals surface area contributed by atoms with Gasteiger partial charge in [0.2, 0.25) is 5.89 Å². The van der Waals surface area contributed by atoms with E-state index in [0.29, 0.717) is 5.69 Å². The van der Waals surface area contributed by atoms with E-state index in [4.69, 9.17) is 9.15 Å². The van der Waals surface area contributed by atoms with Crippen LogP contribution in [-0.4, -0.2) is 54.2 Å². The summed E-state index contributed by atoms with van der Waals surface area (Å²) in [6.07, 6.45) is 1.14. The summed E-state index contributed by atoms with van der Waals surface area (Å²) in [5.74, 6) is -0.505. The van der Waals surface area contributed by atoms with E-state index in [1.165, 1.54) is 43.4 Å². The quantitative estimate of drug-likeness (QED) is 0.418. The molecule has 0 aliphatic rings. The van der Waals surface area contributed by atoms with Crippen LogP contribution in [0.15, 0.2) is 34.9 Å². The largest absolute Gasteiger partial charge is 0.464 e. The third-order valence-electron chi connectivity index (χ3n) is 3.45. The number of carbonyl (C=O) groups is 2. The molecule has 27 heavy (non-hydrogen) atoms. The Bertz CT molecular complexity index is 803. The summed E-state index contributed by atoms with van der Waals surface area (Å²) in [6.45, 7) is 0.475. The lowest BCUT2D eigenvalue weighted by atomic mass is 10.3. The molecule has 1 N–H and O–H groups in total. The average Bonchev–Trinajstić information content (AvgIpc) is 3.13. The zero-order valence-electron chi connectivity index (χ0n) is 14.7. The minimum absolute atomic E-state index is 0.00466. The molecular weight excluding hydrogens is 360 g/mol. The Kier molecular flexibility index (Phi) is 6.83. The van der Waals surface area contributed by atoms with Gasteiger partial charge in [-0.05, 0) is 12.1 Å². The molecule has 1 aromatic carbocycles. The van der Waals surface area contributed by atoms with Crippen molar-refractivity contribution in [3.8, 4) is 0 Å². The standard InChI is InChI=1S/C16H18N4O7/c1-25-8-7-19(9-14-18-13(10-27-14)15(21)26-2)16(22)17-11-3-5-12(6-4-11)20(23)24/h3-6,10H,7-9H2,1-2H3,(H,17,22). The number of benzene rings is 1. The first-order valence-electron chi connectivity index (χ1n) is 7.76. The average molecular weight is 378 g/mol. The number of rotatable bonds is 8. The molecule has 11 heteroatoms. The molecule has 2 aromatic rings. The summed E-state index contributed by atoms with van der Waals surface area (Å²) in [5, 5.41) is 13.3. The normalized spacial score (nSPS) is 10.3. The van der Waals surface area contributed by atoms with Crippen LogP contribution < -0.4 is 5.32 Å². The highest BCUT2D eigenvalue weighted by Crippen LogP contribution is 2.16. The Morgan fingerprint density at radius 3 is 2.59 bits per heavy atom. The fourth-order valence-electron chi connectivity index (χ4n) is 2.07. The number of ether oxygens (including phenoxy) is 2. The van der Waals surface area contributed by atoms with Crippen LogP contribution in [-0.2, 0) is 16.0 Å². The van der Waals surface area contributed by atoms with E-state index in [0.717, 1.165) is 6.26 Å². The number of amides is 2. The van der Waals surface area contributed by atoms with Crippen molar-refractivity contribution in [3.05, 3.63) is 52.2 Å². The van der Waals surface area contributed by atoms with Gasteiger partial charge in [-0.1, -0.05) is 0 Å². The van der Waals surface area contributed by atoms with Gasteiger partial charge in [0, 0.05) is 31.5 Å². The minimum atomic E-state index is -0.649. The molecule has 2 amide bonds. The number of anilines is 1. The molecule has 1 heterocycles. The van der Waals surface area contributed by atoms with E-state index in [2.05, 4.69) is 15.0 Å². The van der Waals surface area contributed by atoms with Crippen molar-refractivity contribution in [1.82, 2.24) is 9.88 Å². The van der Waals surface area contributed by atoms with E-state index in [9.17, 15) is 19.7 Å². The van der Waals surface area contributed by atoms with Gasteiger partial charge >= 0.3 is 12.0 Å².